The lowest BCUT2D eigenvalue weighted by Crippen LogP contribution is -2.30. The molecule has 0 spiro atoms. The zero-order chi connectivity index (χ0) is 10.6. The van der Waals surface area contributed by atoms with Crippen molar-refractivity contribution in [2.45, 2.75) is 58.5 Å². The van der Waals surface area contributed by atoms with Gasteiger partial charge in [-0.05, 0) is 18.8 Å². The van der Waals surface area contributed by atoms with Crippen molar-refractivity contribution in [1.82, 2.24) is 0 Å². The van der Waals surface area contributed by atoms with Crippen LogP contribution in [-0.2, 0) is 4.79 Å². The molecule has 0 bridgehead atoms. The van der Waals surface area contributed by atoms with Crippen molar-refractivity contribution in [2.24, 2.45) is 11.8 Å². The maximum Gasteiger partial charge on any atom is 0.135 e. The lowest BCUT2D eigenvalue weighted by atomic mass is 9.82. The van der Waals surface area contributed by atoms with E-state index in [0.717, 1.165) is 19.3 Å². The van der Waals surface area contributed by atoms with Crippen LogP contribution in [0, 0.1) is 11.8 Å². The number of hydrogen-bond donors (Lipinski definition) is 1. The summed E-state index contributed by atoms with van der Waals surface area (Å²) in [4.78, 5) is 11.6. The van der Waals surface area contributed by atoms with Gasteiger partial charge in [0.15, 0.2) is 0 Å². The Kier molecular flexibility index (Phi) is 4.59. The van der Waals surface area contributed by atoms with Gasteiger partial charge in [0.25, 0.3) is 0 Å². The molecule has 1 fully saturated rings. The Balaban J connectivity index is 2.58. The standard InChI is InChI=1S/C12H22O2/c1-3-11(13)9(2)10-7-5-4-6-8-12(10)14/h9-10,12,14H,3-8H2,1-2H3. The topological polar surface area (TPSA) is 37.3 Å². The van der Waals surface area contributed by atoms with Crippen LogP contribution in [0.15, 0.2) is 0 Å². The van der Waals surface area contributed by atoms with Crippen molar-refractivity contribution in [3.8, 4) is 0 Å². The Labute approximate surface area is 86.7 Å². The van der Waals surface area contributed by atoms with Crippen LogP contribution < -0.4 is 0 Å². The maximum atomic E-state index is 11.6. The summed E-state index contributed by atoms with van der Waals surface area (Å²) in [5.74, 6) is 0.564. The van der Waals surface area contributed by atoms with Gasteiger partial charge >= 0.3 is 0 Å². The third-order valence-corrected chi connectivity index (χ3v) is 3.53. The summed E-state index contributed by atoms with van der Waals surface area (Å²) >= 11 is 0. The molecule has 0 radical (unpaired) electrons. The first-order chi connectivity index (χ1) is 6.66. The van der Waals surface area contributed by atoms with Crippen molar-refractivity contribution in [1.29, 1.82) is 0 Å². The maximum absolute atomic E-state index is 11.6. The number of ketones is 1. The molecule has 1 rings (SSSR count). The molecule has 0 aromatic heterocycles. The summed E-state index contributed by atoms with van der Waals surface area (Å²) in [5, 5.41) is 9.91. The summed E-state index contributed by atoms with van der Waals surface area (Å²) in [6, 6.07) is 0. The lowest BCUT2D eigenvalue weighted by molar-refractivity contribution is -0.125. The second-order valence-corrected chi connectivity index (χ2v) is 4.48. The van der Waals surface area contributed by atoms with Crippen LogP contribution in [0.2, 0.25) is 0 Å². The van der Waals surface area contributed by atoms with E-state index in [1.165, 1.54) is 12.8 Å². The highest BCUT2D eigenvalue weighted by molar-refractivity contribution is 5.80. The van der Waals surface area contributed by atoms with Gasteiger partial charge in [-0.2, -0.15) is 0 Å². The third-order valence-electron chi connectivity index (χ3n) is 3.53. The number of rotatable bonds is 3. The molecule has 14 heavy (non-hydrogen) atoms. The zero-order valence-corrected chi connectivity index (χ0v) is 9.33. The van der Waals surface area contributed by atoms with Crippen molar-refractivity contribution in [3.05, 3.63) is 0 Å². The van der Waals surface area contributed by atoms with Crippen LogP contribution in [0.5, 0.6) is 0 Å². The fourth-order valence-corrected chi connectivity index (χ4v) is 2.46. The average Bonchev–Trinajstić information content (AvgIpc) is 2.40. The van der Waals surface area contributed by atoms with E-state index in [4.69, 9.17) is 0 Å². The first-order valence-corrected chi connectivity index (χ1v) is 5.87. The molecule has 1 aliphatic rings. The molecular weight excluding hydrogens is 176 g/mol. The van der Waals surface area contributed by atoms with E-state index in [0.29, 0.717) is 12.2 Å². The van der Waals surface area contributed by atoms with Gasteiger partial charge in [-0.15, -0.1) is 0 Å². The fourth-order valence-electron chi connectivity index (χ4n) is 2.46. The number of hydrogen-bond acceptors (Lipinski definition) is 2. The van der Waals surface area contributed by atoms with Crippen LogP contribution in [0.25, 0.3) is 0 Å². The van der Waals surface area contributed by atoms with Crippen LogP contribution in [-0.4, -0.2) is 17.0 Å². The first-order valence-electron chi connectivity index (χ1n) is 5.87. The monoisotopic (exact) mass is 198 g/mol. The second kappa shape index (κ2) is 5.50. The molecule has 1 saturated carbocycles. The van der Waals surface area contributed by atoms with Gasteiger partial charge in [-0.1, -0.05) is 33.1 Å². The van der Waals surface area contributed by atoms with E-state index in [2.05, 4.69) is 0 Å². The summed E-state index contributed by atoms with van der Waals surface area (Å²) in [7, 11) is 0. The van der Waals surface area contributed by atoms with Gasteiger partial charge in [-0.25, -0.2) is 0 Å². The predicted octanol–water partition coefficient (Wildman–Crippen LogP) is 2.54. The Hall–Kier alpha value is -0.370. The molecule has 2 heteroatoms. The van der Waals surface area contributed by atoms with Crippen molar-refractivity contribution in [2.75, 3.05) is 0 Å². The molecule has 0 amide bonds. The van der Waals surface area contributed by atoms with Crippen molar-refractivity contribution >= 4 is 5.78 Å². The van der Waals surface area contributed by atoms with Crippen LogP contribution in [0.4, 0.5) is 0 Å². The van der Waals surface area contributed by atoms with E-state index in [9.17, 15) is 9.90 Å². The molecule has 0 aliphatic heterocycles. The highest BCUT2D eigenvalue weighted by atomic mass is 16.3. The van der Waals surface area contributed by atoms with E-state index in [1.54, 1.807) is 0 Å². The molecular formula is C12H22O2. The summed E-state index contributed by atoms with van der Waals surface area (Å²) in [5.41, 5.74) is 0. The van der Waals surface area contributed by atoms with Gasteiger partial charge in [0, 0.05) is 12.3 Å². The third kappa shape index (κ3) is 2.81. The van der Waals surface area contributed by atoms with Gasteiger partial charge in [-0.3, -0.25) is 4.79 Å². The molecule has 82 valence electrons. The smallest absolute Gasteiger partial charge is 0.135 e. The molecule has 0 aromatic rings. The summed E-state index contributed by atoms with van der Waals surface area (Å²) in [6.07, 6.45) is 5.75. The molecule has 0 saturated heterocycles. The van der Waals surface area contributed by atoms with Gasteiger partial charge in [0.2, 0.25) is 0 Å². The highest BCUT2D eigenvalue weighted by Crippen LogP contribution is 2.30. The van der Waals surface area contributed by atoms with Crippen molar-refractivity contribution < 1.29 is 9.90 Å². The van der Waals surface area contributed by atoms with E-state index in [1.807, 2.05) is 13.8 Å². The highest BCUT2D eigenvalue weighted by Gasteiger charge is 2.29. The minimum Gasteiger partial charge on any atom is -0.393 e. The Bertz CT molecular complexity index is 189. The number of carbonyl (C=O) groups excluding carboxylic acids is 1. The molecule has 2 nitrogen and oxygen atoms in total. The molecule has 1 N–H and O–H groups in total. The van der Waals surface area contributed by atoms with Crippen LogP contribution in [0.3, 0.4) is 0 Å². The molecule has 1 aliphatic carbocycles. The molecule has 0 heterocycles. The Morgan fingerprint density at radius 2 is 2.00 bits per heavy atom. The van der Waals surface area contributed by atoms with Crippen LogP contribution >= 0.6 is 0 Å². The Morgan fingerprint density at radius 1 is 1.36 bits per heavy atom. The van der Waals surface area contributed by atoms with E-state index in [-0.39, 0.29) is 17.9 Å². The summed E-state index contributed by atoms with van der Waals surface area (Å²) < 4.78 is 0. The van der Waals surface area contributed by atoms with Gasteiger partial charge < -0.3 is 5.11 Å². The second-order valence-electron chi connectivity index (χ2n) is 4.48. The SMILES string of the molecule is CCC(=O)C(C)C1CCCCCC1O. The van der Waals surface area contributed by atoms with Crippen molar-refractivity contribution in [3.63, 3.8) is 0 Å². The average molecular weight is 198 g/mol. The fraction of sp³-hybridized carbons (Fsp3) is 0.917. The van der Waals surface area contributed by atoms with Crippen LogP contribution in [0.1, 0.15) is 52.4 Å². The van der Waals surface area contributed by atoms with E-state index < -0.39 is 0 Å². The quantitative estimate of drug-likeness (QED) is 0.708. The zero-order valence-electron chi connectivity index (χ0n) is 9.33. The number of carbonyl (C=O) groups is 1. The first kappa shape index (κ1) is 11.7. The summed E-state index contributed by atoms with van der Waals surface area (Å²) in [6.45, 7) is 3.88. The Morgan fingerprint density at radius 3 is 2.64 bits per heavy atom. The minimum absolute atomic E-state index is 0.0492. The predicted molar refractivity (Wildman–Crippen MR) is 57.0 cm³/mol. The largest absolute Gasteiger partial charge is 0.393 e. The lowest BCUT2D eigenvalue weighted by Gasteiger charge is -2.25. The molecule has 0 aromatic carbocycles. The van der Waals surface area contributed by atoms with Gasteiger partial charge in [0.05, 0.1) is 6.10 Å². The number of aliphatic hydroxyl groups is 1. The van der Waals surface area contributed by atoms with E-state index >= 15 is 0 Å². The normalized spacial score (nSPS) is 30.8. The minimum atomic E-state index is -0.247. The number of Topliss-reactive ketones (excluding diaryl/α,β-unsaturated/α-hetero) is 1. The number of aliphatic hydroxyl groups excluding tert-OH is 1. The molecule has 3 atom stereocenters. The molecule has 3 unspecified atom stereocenters. The van der Waals surface area contributed by atoms with Gasteiger partial charge in [0.1, 0.15) is 5.78 Å².